The summed E-state index contributed by atoms with van der Waals surface area (Å²) in [6.45, 7) is -0.0941. The first-order valence-corrected chi connectivity index (χ1v) is 25.6. The van der Waals surface area contributed by atoms with Crippen LogP contribution in [0.3, 0.4) is 0 Å². The molecule has 74 heavy (non-hydrogen) atoms. The molecule has 0 atom stereocenters. The molecule has 2 aliphatic rings. The minimum atomic E-state index is -0.0941. The molecule has 2 aliphatic heterocycles. The second-order valence-electron chi connectivity index (χ2n) is 20.1. The highest BCUT2D eigenvalue weighted by molar-refractivity contribution is 7.00. The topological polar surface area (TPSA) is 19.6 Å². The largest absolute Gasteiger partial charge is 0.456 e. The lowest BCUT2D eigenvalue weighted by Crippen LogP contribution is -2.61. The fraction of sp³-hybridized carbons (Fsp3) is 0. The maximum absolute atomic E-state index is 6.60. The van der Waals surface area contributed by atoms with Gasteiger partial charge in [0.15, 0.2) is 0 Å². The van der Waals surface area contributed by atoms with E-state index in [9.17, 15) is 0 Å². The van der Waals surface area contributed by atoms with E-state index in [-0.39, 0.29) is 6.71 Å². The molecule has 4 heteroatoms. The lowest BCUT2D eigenvalue weighted by atomic mass is 9.33. The monoisotopic (exact) mass is 938 g/mol. The molecule has 13 aromatic carbocycles. The highest BCUT2D eigenvalue weighted by Gasteiger charge is 2.44. The first kappa shape index (κ1) is 41.0. The molecule has 14 aromatic rings. The van der Waals surface area contributed by atoms with Gasteiger partial charge in [-0.15, -0.1) is 0 Å². The number of fused-ring (bicyclic) bond motifs is 11. The van der Waals surface area contributed by atoms with E-state index in [0.717, 1.165) is 55.8 Å². The minimum absolute atomic E-state index is 0.0941. The first-order chi connectivity index (χ1) is 36.6. The number of rotatable bonds is 5. The Kier molecular flexibility index (Phi) is 8.83. The van der Waals surface area contributed by atoms with Gasteiger partial charge in [0.2, 0.25) is 0 Å². The summed E-state index contributed by atoms with van der Waals surface area (Å²) in [6.07, 6.45) is 0. The van der Waals surface area contributed by atoms with Crippen LogP contribution >= 0.6 is 0 Å². The highest BCUT2D eigenvalue weighted by atomic mass is 16.3. The van der Waals surface area contributed by atoms with Crippen LogP contribution in [0.15, 0.2) is 265 Å². The summed E-state index contributed by atoms with van der Waals surface area (Å²) in [5, 5.41) is 12.1. The summed E-state index contributed by atoms with van der Waals surface area (Å²) in [4.78, 5) is 5.10. The zero-order valence-corrected chi connectivity index (χ0v) is 40.2. The van der Waals surface area contributed by atoms with E-state index in [1.807, 2.05) is 6.07 Å². The van der Waals surface area contributed by atoms with E-state index >= 15 is 0 Å². The summed E-state index contributed by atoms with van der Waals surface area (Å²) in [5.74, 6) is 0. The second-order valence-corrected chi connectivity index (χ2v) is 20.1. The fourth-order valence-electron chi connectivity index (χ4n) is 12.4. The van der Waals surface area contributed by atoms with Gasteiger partial charge >= 0.3 is 0 Å². The van der Waals surface area contributed by atoms with Gasteiger partial charge in [-0.25, -0.2) is 0 Å². The average Bonchev–Trinajstić information content (AvgIpc) is 3.88. The predicted molar refractivity (Wildman–Crippen MR) is 314 cm³/mol. The van der Waals surface area contributed by atoms with Gasteiger partial charge in [0, 0.05) is 44.9 Å². The van der Waals surface area contributed by atoms with Crippen LogP contribution in [0.5, 0.6) is 0 Å². The summed E-state index contributed by atoms with van der Waals surface area (Å²) >= 11 is 0. The number of para-hydroxylation sites is 1. The predicted octanol–water partition coefficient (Wildman–Crippen LogP) is 17.3. The quantitative estimate of drug-likeness (QED) is 0.127. The lowest BCUT2D eigenvalue weighted by Gasteiger charge is -2.44. The smallest absolute Gasteiger partial charge is 0.252 e. The van der Waals surface area contributed by atoms with Gasteiger partial charge in [-0.1, -0.05) is 170 Å². The van der Waals surface area contributed by atoms with Crippen molar-refractivity contribution in [3.8, 4) is 33.4 Å². The van der Waals surface area contributed by atoms with E-state index in [0.29, 0.717) is 0 Å². The Morgan fingerprint density at radius 2 is 0.662 bits per heavy atom. The van der Waals surface area contributed by atoms with Gasteiger partial charge in [0.05, 0.1) is 0 Å². The molecule has 0 saturated heterocycles. The fourth-order valence-corrected chi connectivity index (χ4v) is 12.4. The molecule has 1 aromatic heterocycles. The zero-order chi connectivity index (χ0) is 48.4. The summed E-state index contributed by atoms with van der Waals surface area (Å²) in [6, 6.07) is 96.7. The van der Waals surface area contributed by atoms with Crippen molar-refractivity contribution in [3.63, 3.8) is 0 Å². The van der Waals surface area contributed by atoms with E-state index in [4.69, 9.17) is 4.42 Å². The van der Waals surface area contributed by atoms with Crippen molar-refractivity contribution in [1.82, 2.24) is 0 Å². The Balaban J connectivity index is 1.02. The maximum Gasteiger partial charge on any atom is 0.252 e. The number of hydrogen-bond acceptors (Lipinski definition) is 3. The van der Waals surface area contributed by atoms with Crippen LogP contribution in [0.2, 0.25) is 0 Å². The van der Waals surface area contributed by atoms with Crippen molar-refractivity contribution in [2.75, 3.05) is 9.80 Å². The molecule has 0 unspecified atom stereocenters. The molecule has 0 N–H and O–H groups in total. The molecule has 3 nitrogen and oxygen atoms in total. The molecule has 3 heterocycles. The number of nitrogens with zero attached hydrogens (tertiary/aromatic N) is 2. The molecule has 0 amide bonds. The molecular formula is C70H43BN2O. The first-order valence-electron chi connectivity index (χ1n) is 25.6. The molecule has 0 saturated carbocycles. The Hall–Kier alpha value is -9.64. The van der Waals surface area contributed by atoms with E-state index in [2.05, 4.69) is 265 Å². The van der Waals surface area contributed by atoms with Crippen LogP contribution in [0, 0.1) is 0 Å². The summed E-state index contributed by atoms with van der Waals surface area (Å²) in [5.41, 5.74) is 19.5. The number of benzene rings is 13. The Bertz CT molecular complexity index is 4370. The van der Waals surface area contributed by atoms with Crippen LogP contribution in [0.1, 0.15) is 0 Å². The number of anilines is 6. The maximum atomic E-state index is 6.60. The van der Waals surface area contributed by atoms with Crippen LogP contribution in [0.25, 0.3) is 98.4 Å². The van der Waals surface area contributed by atoms with Crippen molar-refractivity contribution in [1.29, 1.82) is 0 Å². The Morgan fingerprint density at radius 3 is 1.16 bits per heavy atom. The van der Waals surface area contributed by atoms with Gasteiger partial charge in [-0.05, 0) is 184 Å². The van der Waals surface area contributed by atoms with Crippen molar-refractivity contribution >= 4 is 122 Å². The molecule has 16 rings (SSSR count). The standard InChI is InChI=1S/C70H43BN2O/c1-3-13-44(14-4-1)46-23-28-58(29-24-46)72-64-39-55-35-50-19-9-7-17-48(50)33-53(55)37-62(64)71-63-38-54-34-49-18-8-10-20-51(49)36-56(54)40-65(63)73(59-30-25-47(26-31-59)45-15-5-2-6-16-45)67-42-57(41-66(72)70(67)71)52-27-32-61-60-21-11-12-22-68(60)74-69(61)43-52/h1-43H. The van der Waals surface area contributed by atoms with E-state index in [1.54, 1.807) is 0 Å². The van der Waals surface area contributed by atoms with Crippen molar-refractivity contribution < 1.29 is 4.42 Å². The van der Waals surface area contributed by atoms with Gasteiger partial charge in [-0.2, -0.15) is 0 Å². The molecule has 0 spiro atoms. The molecule has 0 fully saturated rings. The number of furan rings is 1. The lowest BCUT2D eigenvalue weighted by molar-refractivity contribution is 0.669. The third-order valence-corrected chi connectivity index (χ3v) is 15.9. The van der Waals surface area contributed by atoms with E-state index in [1.165, 1.54) is 93.1 Å². The third kappa shape index (κ3) is 6.35. The van der Waals surface area contributed by atoms with Crippen molar-refractivity contribution in [3.05, 3.63) is 261 Å². The molecule has 342 valence electrons. The highest BCUT2D eigenvalue weighted by Crippen LogP contribution is 2.48. The SMILES string of the molecule is c1ccc(-c2ccc(N3c4cc5cc6ccccc6cc5cc4B4c5cc6cc7ccccc7cc6cc5N(c5ccc(-c6ccccc6)cc5)c5cc(-c6ccc7c(c6)oc6ccccc67)cc3c54)cc2)cc1. The average molecular weight is 939 g/mol. The Labute approximate surface area is 428 Å². The van der Waals surface area contributed by atoms with Crippen LogP contribution in [-0.2, 0) is 0 Å². The van der Waals surface area contributed by atoms with Gasteiger partial charge in [-0.3, -0.25) is 0 Å². The normalized spacial score (nSPS) is 12.8. The van der Waals surface area contributed by atoms with Crippen LogP contribution in [-0.4, -0.2) is 6.71 Å². The second kappa shape index (κ2) is 15.9. The van der Waals surface area contributed by atoms with Crippen LogP contribution < -0.4 is 26.2 Å². The molecule has 0 bridgehead atoms. The van der Waals surface area contributed by atoms with Gasteiger partial charge in [0.1, 0.15) is 11.2 Å². The van der Waals surface area contributed by atoms with Gasteiger partial charge < -0.3 is 14.2 Å². The van der Waals surface area contributed by atoms with Crippen LogP contribution in [0.4, 0.5) is 34.1 Å². The Morgan fingerprint density at radius 1 is 0.257 bits per heavy atom. The third-order valence-electron chi connectivity index (χ3n) is 15.9. The van der Waals surface area contributed by atoms with Crippen molar-refractivity contribution in [2.24, 2.45) is 0 Å². The zero-order valence-electron chi connectivity index (χ0n) is 40.2. The summed E-state index contributed by atoms with van der Waals surface area (Å²) < 4.78 is 6.60. The van der Waals surface area contributed by atoms with Gasteiger partial charge in [0.25, 0.3) is 6.71 Å². The minimum Gasteiger partial charge on any atom is -0.456 e. The molecule has 0 radical (unpaired) electrons. The molecule has 0 aliphatic carbocycles. The summed E-state index contributed by atoms with van der Waals surface area (Å²) in [7, 11) is 0. The molecular weight excluding hydrogens is 896 g/mol. The number of hydrogen-bond donors (Lipinski definition) is 0. The van der Waals surface area contributed by atoms with E-state index < -0.39 is 0 Å². The van der Waals surface area contributed by atoms with Crippen molar-refractivity contribution in [2.45, 2.75) is 0 Å².